The average Bonchev–Trinajstić information content (AvgIpc) is 1.86. The maximum Gasteiger partial charge on any atom is 0.201 e. The summed E-state index contributed by atoms with van der Waals surface area (Å²) in [5.74, 6) is 1.15. The van der Waals surface area contributed by atoms with Gasteiger partial charge in [0, 0.05) is 7.05 Å². The number of rotatable bonds is 0. The molecule has 0 aliphatic carbocycles. The maximum absolute atomic E-state index is 4.35. The molecule has 4 heteroatoms. The molecular weight excluding hydrogens is 128 g/mol. The molecule has 0 aromatic carbocycles. The highest BCUT2D eigenvalue weighted by Crippen LogP contribution is 2.13. The Morgan fingerprint density at radius 2 is 2.10 bits per heavy atom. The molecule has 1 saturated heterocycles. The molecule has 0 radical (unpaired) electrons. The van der Waals surface area contributed by atoms with Gasteiger partial charge in [-0.2, -0.15) is 0 Å². The van der Waals surface area contributed by atoms with Crippen LogP contribution < -0.4 is 0 Å². The number of hydrogen-bond donors (Lipinski definition) is 0. The molecule has 0 unspecified atom stereocenters. The van der Waals surface area contributed by atoms with Crippen LogP contribution in [0.4, 0.5) is 0 Å². The Hall–Kier alpha value is -0.770. The van der Waals surface area contributed by atoms with Crippen molar-refractivity contribution in [3.05, 3.63) is 0 Å². The smallest absolute Gasteiger partial charge is 0.201 e. The highest BCUT2D eigenvalue weighted by atomic mass is 15.6. The second-order valence-electron chi connectivity index (χ2n) is 2.98. The summed E-state index contributed by atoms with van der Waals surface area (Å²) in [6.07, 6.45) is 0. The molecular formula is C6H12N4. The summed E-state index contributed by atoms with van der Waals surface area (Å²) in [4.78, 5) is 11.0. The molecule has 0 saturated carbocycles. The molecule has 0 atom stereocenters. The van der Waals surface area contributed by atoms with Gasteiger partial charge in [-0.1, -0.05) is 0 Å². The molecule has 0 amide bonds. The summed E-state index contributed by atoms with van der Waals surface area (Å²) < 4.78 is 0. The maximum atomic E-state index is 4.35. The first-order valence-electron chi connectivity index (χ1n) is 3.46. The Morgan fingerprint density at radius 3 is 2.70 bits per heavy atom. The second-order valence-corrected chi connectivity index (χ2v) is 2.98. The van der Waals surface area contributed by atoms with E-state index in [4.69, 9.17) is 0 Å². The van der Waals surface area contributed by atoms with E-state index in [1.54, 1.807) is 0 Å². The van der Waals surface area contributed by atoms with Gasteiger partial charge in [0.15, 0.2) is 0 Å². The lowest BCUT2D eigenvalue weighted by Gasteiger charge is -2.47. The van der Waals surface area contributed by atoms with E-state index in [9.17, 15) is 0 Å². The topological polar surface area (TPSA) is 22.1 Å². The summed E-state index contributed by atoms with van der Waals surface area (Å²) in [5.41, 5.74) is 0. The third-order valence-corrected chi connectivity index (χ3v) is 1.87. The lowest BCUT2D eigenvalue weighted by molar-refractivity contribution is 0.0928. The van der Waals surface area contributed by atoms with E-state index in [1.807, 2.05) is 0 Å². The third-order valence-electron chi connectivity index (χ3n) is 1.87. The third kappa shape index (κ3) is 0.686. The van der Waals surface area contributed by atoms with Crippen LogP contribution in [0.1, 0.15) is 0 Å². The van der Waals surface area contributed by atoms with Crippen LogP contribution in [0.3, 0.4) is 0 Å². The van der Waals surface area contributed by atoms with Crippen molar-refractivity contribution >= 4 is 5.96 Å². The summed E-state index contributed by atoms with van der Waals surface area (Å²) in [7, 11) is 4.15. The van der Waals surface area contributed by atoms with Crippen molar-refractivity contribution in [1.29, 1.82) is 0 Å². The minimum Gasteiger partial charge on any atom is -0.328 e. The van der Waals surface area contributed by atoms with Crippen molar-refractivity contribution < 1.29 is 0 Å². The van der Waals surface area contributed by atoms with Crippen molar-refractivity contribution in [2.45, 2.75) is 0 Å². The van der Waals surface area contributed by atoms with Crippen LogP contribution in [0.5, 0.6) is 0 Å². The zero-order valence-corrected chi connectivity index (χ0v) is 6.41. The minimum atomic E-state index is 0.843. The SMILES string of the molecule is CN1CN=C2N(C)CN2C1. The zero-order chi connectivity index (χ0) is 7.14. The molecule has 2 rings (SSSR count). The molecule has 0 bridgehead atoms. The van der Waals surface area contributed by atoms with Gasteiger partial charge in [0.1, 0.15) is 0 Å². The molecule has 0 aromatic heterocycles. The van der Waals surface area contributed by atoms with E-state index < -0.39 is 0 Å². The summed E-state index contributed by atoms with van der Waals surface area (Å²) in [6, 6.07) is 0. The van der Waals surface area contributed by atoms with Gasteiger partial charge in [-0.15, -0.1) is 0 Å². The summed E-state index contributed by atoms with van der Waals surface area (Å²) >= 11 is 0. The molecule has 1 fully saturated rings. The molecule has 0 spiro atoms. The molecule has 0 N–H and O–H groups in total. The van der Waals surface area contributed by atoms with Gasteiger partial charge in [-0.3, -0.25) is 4.90 Å². The van der Waals surface area contributed by atoms with Crippen LogP contribution in [-0.2, 0) is 0 Å². The number of hydrogen-bond acceptors (Lipinski definition) is 4. The van der Waals surface area contributed by atoms with Crippen LogP contribution in [-0.4, -0.2) is 54.8 Å². The van der Waals surface area contributed by atoms with Gasteiger partial charge in [0.05, 0.1) is 20.0 Å². The van der Waals surface area contributed by atoms with Gasteiger partial charge >= 0.3 is 0 Å². The van der Waals surface area contributed by atoms with Crippen LogP contribution in [0.15, 0.2) is 4.99 Å². The number of nitrogens with zero attached hydrogens (tertiary/aromatic N) is 4. The second kappa shape index (κ2) is 1.85. The fourth-order valence-electron chi connectivity index (χ4n) is 1.39. The lowest BCUT2D eigenvalue weighted by Crippen LogP contribution is -2.63. The highest BCUT2D eigenvalue weighted by Gasteiger charge is 2.30. The Bertz CT molecular complexity index is 177. The van der Waals surface area contributed by atoms with Gasteiger partial charge in [0.2, 0.25) is 5.96 Å². The number of guanidine groups is 1. The predicted octanol–water partition coefficient (Wildman–Crippen LogP) is -0.592. The Balaban J connectivity index is 2.10. The van der Waals surface area contributed by atoms with E-state index in [0.29, 0.717) is 0 Å². The van der Waals surface area contributed by atoms with E-state index in [0.717, 1.165) is 26.0 Å². The van der Waals surface area contributed by atoms with Crippen molar-refractivity contribution in [2.75, 3.05) is 34.1 Å². The molecule has 56 valence electrons. The molecule has 2 heterocycles. The molecule has 0 aromatic rings. The van der Waals surface area contributed by atoms with Crippen LogP contribution in [0.25, 0.3) is 0 Å². The molecule has 2 aliphatic heterocycles. The molecule has 10 heavy (non-hydrogen) atoms. The van der Waals surface area contributed by atoms with Gasteiger partial charge in [-0.25, -0.2) is 4.99 Å². The van der Waals surface area contributed by atoms with Crippen molar-refractivity contribution in [3.63, 3.8) is 0 Å². The first-order chi connectivity index (χ1) is 4.77. The van der Waals surface area contributed by atoms with E-state index in [-0.39, 0.29) is 0 Å². The fraction of sp³-hybridized carbons (Fsp3) is 0.833. The average molecular weight is 140 g/mol. The monoisotopic (exact) mass is 140 g/mol. The van der Waals surface area contributed by atoms with E-state index in [2.05, 4.69) is 33.8 Å². The highest BCUT2D eigenvalue weighted by molar-refractivity contribution is 5.84. The normalized spacial score (nSPS) is 25.6. The predicted molar refractivity (Wildman–Crippen MR) is 39.4 cm³/mol. The van der Waals surface area contributed by atoms with Crippen molar-refractivity contribution in [3.8, 4) is 0 Å². The summed E-state index contributed by atoms with van der Waals surface area (Å²) in [5, 5.41) is 0. The first-order valence-corrected chi connectivity index (χ1v) is 3.46. The largest absolute Gasteiger partial charge is 0.328 e. The van der Waals surface area contributed by atoms with Crippen molar-refractivity contribution in [1.82, 2.24) is 14.7 Å². The Kier molecular flexibility index (Phi) is 1.11. The van der Waals surface area contributed by atoms with Gasteiger partial charge in [-0.05, 0) is 7.05 Å². The number of fused-ring (bicyclic) bond motifs is 1. The van der Waals surface area contributed by atoms with Crippen molar-refractivity contribution in [2.24, 2.45) is 4.99 Å². The van der Waals surface area contributed by atoms with E-state index >= 15 is 0 Å². The van der Waals surface area contributed by atoms with Crippen LogP contribution in [0.2, 0.25) is 0 Å². The van der Waals surface area contributed by atoms with Crippen LogP contribution in [0, 0.1) is 0 Å². The lowest BCUT2D eigenvalue weighted by atomic mass is 10.4. The first kappa shape index (κ1) is 5.97. The van der Waals surface area contributed by atoms with Gasteiger partial charge < -0.3 is 9.80 Å². The van der Waals surface area contributed by atoms with Gasteiger partial charge in [0.25, 0.3) is 0 Å². The zero-order valence-electron chi connectivity index (χ0n) is 6.41. The fourth-order valence-corrected chi connectivity index (χ4v) is 1.39. The molecule has 4 nitrogen and oxygen atoms in total. The number of aliphatic imine (C=N–C) groups is 1. The van der Waals surface area contributed by atoms with E-state index in [1.165, 1.54) is 0 Å². The Morgan fingerprint density at radius 1 is 1.30 bits per heavy atom. The Labute approximate surface area is 60.7 Å². The minimum absolute atomic E-state index is 0.843. The quantitative estimate of drug-likeness (QED) is 0.449. The van der Waals surface area contributed by atoms with Crippen LogP contribution >= 0.6 is 0 Å². The molecule has 2 aliphatic rings. The summed E-state index contributed by atoms with van der Waals surface area (Å²) in [6.45, 7) is 2.91. The standard InChI is InChI=1S/C6H12N4/c1-8-3-7-6-9(2)5-10(6)4-8/h3-5H2,1-2H3.